The van der Waals surface area contributed by atoms with Crippen molar-refractivity contribution in [1.29, 1.82) is 0 Å². The third-order valence-corrected chi connectivity index (χ3v) is 3.89. The summed E-state index contributed by atoms with van der Waals surface area (Å²) in [4.78, 5) is 0. The quantitative estimate of drug-likeness (QED) is 0.750. The first kappa shape index (κ1) is 13.7. The maximum Gasteiger partial charge on any atom is 0.0834 e. The Morgan fingerprint density at radius 1 is 0.857 bits per heavy atom. The summed E-state index contributed by atoms with van der Waals surface area (Å²) in [5.41, 5.74) is 1.58. The summed E-state index contributed by atoms with van der Waals surface area (Å²) in [6.45, 7) is 2.05. The number of fused-ring (bicyclic) bond motifs is 1. The van der Waals surface area contributed by atoms with Gasteiger partial charge in [0.1, 0.15) is 0 Å². The fourth-order valence-corrected chi connectivity index (χ4v) is 2.74. The predicted molar refractivity (Wildman–Crippen MR) is 88.5 cm³/mol. The van der Waals surface area contributed by atoms with Gasteiger partial charge in [-0.3, -0.25) is 0 Å². The summed E-state index contributed by atoms with van der Waals surface area (Å²) in [5.74, 6) is 0. The molecule has 0 aliphatic heterocycles. The molecule has 3 aromatic rings. The van der Waals surface area contributed by atoms with Crippen molar-refractivity contribution in [3.63, 3.8) is 0 Å². The van der Waals surface area contributed by atoms with Gasteiger partial charge in [-0.15, -0.1) is 0 Å². The number of para-hydroxylation sites is 1. The van der Waals surface area contributed by atoms with Gasteiger partial charge in [0, 0.05) is 5.69 Å². The summed E-state index contributed by atoms with van der Waals surface area (Å²) < 4.78 is 0. The summed E-state index contributed by atoms with van der Waals surface area (Å²) in [6.07, 6.45) is 0. The lowest BCUT2D eigenvalue weighted by molar-refractivity contribution is 0.225. The zero-order valence-electron chi connectivity index (χ0n) is 12.1. The van der Waals surface area contributed by atoms with Crippen molar-refractivity contribution in [2.75, 3.05) is 11.9 Å². The molecule has 0 saturated carbocycles. The number of hydrogen-bond acceptors (Lipinski definition) is 2. The molecule has 3 aromatic carbocycles. The molecule has 0 aromatic heterocycles. The van der Waals surface area contributed by atoms with Gasteiger partial charge in [-0.25, -0.2) is 0 Å². The Balaban J connectivity index is 2.09. The van der Waals surface area contributed by atoms with Crippen molar-refractivity contribution < 1.29 is 5.11 Å². The van der Waals surface area contributed by atoms with Crippen LogP contribution in [0.25, 0.3) is 10.8 Å². The summed E-state index contributed by atoms with van der Waals surface area (Å²) in [5, 5.41) is 15.8. The minimum atomic E-state index is -0.526. The van der Waals surface area contributed by atoms with Gasteiger partial charge in [0.15, 0.2) is 0 Å². The normalized spacial score (nSPS) is 13.8. The SMILES string of the molecule is CC(CO)(Nc1ccccc1)c1cccc2ccccc12. The number of aliphatic hydroxyl groups is 1. The van der Waals surface area contributed by atoms with E-state index in [1.54, 1.807) is 0 Å². The van der Waals surface area contributed by atoms with E-state index in [2.05, 4.69) is 29.6 Å². The standard InChI is InChI=1S/C19H19NO/c1-19(14-21,20-16-10-3-2-4-11-16)18-13-7-9-15-8-5-6-12-17(15)18/h2-13,20-21H,14H2,1H3. The lowest BCUT2D eigenvalue weighted by atomic mass is 9.88. The van der Waals surface area contributed by atoms with Gasteiger partial charge in [-0.05, 0) is 35.4 Å². The van der Waals surface area contributed by atoms with Crippen LogP contribution in [-0.4, -0.2) is 11.7 Å². The van der Waals surface area contributed by atoms with E-state index in [1.807, 2.05) is 55.5 Å². The highest BCUT2D eigenvalue weighted by Gasteiger charge is 2.27. The Kier molecular flexibility index (Phi) is 3.63. The van der Waals surface area contributed by atoms with Gasteiger partial charge >= 0.3 is 0 Å². The minimum absolute atomic E-state index is 0.0237. The summed E-state index contributed by atoms with van der Waals surface area (Å²) in [7, 11) is 0. The second kappa shape index (κ2) is 5.58. The Hall–Kier alpha value is -2.32. The number of hydrogen-bond donors (Lipinski definition) is 2. The molecule has 0 aliphatic rings. The van der Waals surface area contributed by atoms with Gasteiger partial charge in [0.05, 0.1) is 12.1 Å². The minimum Gasteiger partial charge on any atom is -0.394 e. The van der Waals surface area contributed by atoms with E-state index in [-0.39, 0.29) is 6.61 Å². The second-order valence-corrected chi connectivity index (χ2v) is 5.51. The van der Waals surface area contributed by atoms with Crippen LogP contribution in [-0.2, 0) is 5.54 Å². The molecule has 0 radical (unpaired) electrons. The van der Waals surface area contributed by atoms with E-state index < -0.39 is 5.54 Å². The van der Waals surface area contributed by atoms with Crippen LogP contribution in [0.4, 0.5) is 5.69 Å². The summed E-state index contributed by atoms with van der Waals surface area (Å²) in [6, 6.07) is 24.5. The van der Waals surface area contributed by atoms with E-state index >= 15 is 0 Å². The van der Waals surface area contributed by atoms with Gasteiger partial charge in [-0.2, -0.15) is 0 Å². The molecule has 3 rings (SSSR count). The van der Waals surface area contributed by atoms with Crippen LogP contribution in [0.3, 0.4) is 0 Å². The molecule has 2 nitrogen and oxygen atoms in total. The number of aliphatic hydroxyl groups excluding tert-OH is 1. The van der Waals surface area contributed by atoms with Crippen LogP contribution in [0.2, 0.25) is 0 Å². The summed E-state index contributed by atoms with van der Waals surface area (Å²) >= 11 is 0. The number of benzene rings is 3. The Bertz CT molecular complexity index is 733. The second-order valence-electron chi connectivity index (χ2n) is 5.51. The fourth-order valence-electron chi connectivity index (χ4n) is 2.74. The number of anilines is 1. The van der Waals surface area contributed by atoms with E-state index in [1.165, 1.54) is 10.8 Å². The van der Waals surface area contributed by atoms with Crippen molar-refractivity contribution in [2.45, 2.75) is 12.5 Å². The molecular formula is C19H19NO. The van der Waals surface area contributed by atoms with E-state index in [0.717, 1.165) is 11.3 Å². The largest absolute Gasteiger partial charge is 0.394 e. The van der Waals surface area contributed by atoms with Crippen molar-refractivity contribution in [1.82, 2.24) is 0 Å². The average Bonchev–Trinajstić information content (AvgIpc) is 2.55. The molecule has 106 valence electrons. The Morgan fingerprint density at radius 3 is 2.29 bits per heavy atom. The van der Waals surface area contributed by atoms with Gasteiger partial charge in [-0.1, -0.05) is 60.7 Å². The molecule has 0 heterocycles. The fraction of sp³-hybridized carbons (Fsp3) is 0.158. The van der Waals surface area contributed by atoms with Crippen LogP contribution < -0.4 is 5.32 Å². The molecule has 0 fully saturated rings. The van der Waals surface area contributed by atoms with Gasteiger partial charge in [0.2, 0.25) is 0 Å². The third-order valence-electron chi connectivity index (χ3n) is 3.89. The average molecular weight is 277 g/mol. The molecule has 0 bridgehead atoms. The van der Waals surface area contributed by atoms with Crippen molar-refractivity contribution >= 4 is 16.5 Å². The van der Waals surface area contributed by atoms with Crippen LogP contribution in [0.1, 0.15) is 12.5 Å². The van der Waals surface area contributed by atoms with E-state index in [0.29, 0.717) is 0 Å². The third kappa shape index (κ3) is 2.63. The number of rotatable bonds is 4. The zero-order chi connectivity index (χ0) is 14.7. The van der Waals surface area contributed by atoms with Crippen molar-refractivity contribution in [3.8, 4) is 0 Å². The molecule has 2 N–H and O–H groups in total. The first-order valence-corrected chi connectivity index (χ1v) is 7.15. The van der Waals surface area contributed by atoms with Crippen LogP contribution in [0.5, 0.6) is 0 Å². The Labute approximate surface area is 125 Å². The lowest BCUT2D eigenvalue weighted by Gasteiger charge is -2.31. The molecule has 0 amide bonds. The van der Waals surface area contributed by atoms with Crippen molar-refractivity contribution in [2.24, 2.45) is 0 Å². The maximum atomic E-state index is 10.00. The first-order chi connectivity index (χ1) is 10.2. The van der Waals surface area contributed by atoms with Crippen LogP contribution in [0, 0.1) is 0 Å². The predicted octanol–water partition coefficient (Wildman–Crippen LogP) is 4.16. The molecule has 0 aliphatic carbocycles. The highest BCUT2D eigenvalue weighted by molar-refractivity contribution is 5.87. The molecular weight excluding hydrogens is 258 g/mol. The highest BCUT2D eigenvalue weighted by Crippen LogP contribution is 2.31. The number of nitrogens with one attached hydrogen (secondary N) is 1. The lowest BCUT2D eigenvalue weighted by Crippen LogP contribution is -2.36. The molecule has 1 atom stereocenters. The van der Waals surface area contributed by atoms with E-state index in [4.69, 9.17) is 0 Å². The molecule has 0 saturated heterocycles. The molecule has 2 heteroatoms. The monoisotopic (exact) mass is 277 g/mol. The van der Waals surface area contributed by atoms with Crippen LogP contribution >= 0.6 is 0 Å². The maximum absolute atomic E-state index is 10.00. The zero-order valence-corrected chi connectivity index (χ0v) is 12.1. The van der Waals surface area contributed by atoms with Crippen LogP contribution in [0.15, 0.2) is 72.8 Å². The molecule has 0 spiro atoms. The Morgan fingerprint density at radius 2 is 1.52 bits per heavy atom. The van der Waals surface area contributed by atoms with Crippen molar-refractivity contribution in [3.05, 3.63) is 78.4 Å². The molecule has 21 heavy (non-hydrogen) atoms. The van der Waals surface area contributed by atoms with E-state index in [9.17, 15) is 5.11 Å². The highest BCUT2D eigenvalue weighted by atomic mass is 16.3. The smallest absolute Gasteiger partial charge is 0.0834 e. The molecule has 1 unspecified atom stereocenters. The van der Waals surface area contributed by atoms with Gasteiger partial charge in [0.25, 0.3) is 0 Å². The van der Waals surface area contributed by atoms with Gasteiger partial charge < -0.3 is 10.4 Å². The topological polar surface area (TPSA) is 32.3 Å². The first-order valence-electron chi connectivity index (χ1n) is 7.15.